The number of carbonyl (C=O) groups is 1. The molecule has 0 unspecified atom stereocenters. The number of carbonyl (C=O) groups excluding carboxylic acids is 1. The Labute approximate surface area is 136 Å². The number of nitro groups is 1. The van der Waals surface area contributed by atoms with Crippen LogP contribution in [0.4, 0.5) is 5.69 Å². The summed E-state index contributed by atoms with van der Waals surface area (Å²) in [6.07, 6.45) is 1.48. The molecule has 2 heterocycles. The second-order valence-electron chi connectivity index (χ2n) is 4.95. The van der Waals surface area contributed by atoms with Gasteiger partial charge in [0.25, 0.3) is 11.6 Å². The zero-order chi connectivity index (χ0) is 16.6. The average Bonchev–Trinajstić information content (AvgIpc) is 3.06. The minimum atomic E-state index is -0.451. The Kier molecular flexibility index (Phi) is 3.67. The summed E-state index contributed by atoms with van der Waals surface area (Å²) in [6.45, 7) is 1.78. The Bertz CT molecular complexity index is 869. The molecule has 0 radical (unpaired) electrons. The predicted molar refractivity (Wildman–Crippen MR) is 87.4 cm³/mol. The van der Waals surface area contributed by atoms with Crippen molar-refractivity contribution in [2.24, 2.45) is 0 Å². The van der Waals surface area contributed by atoms with Crippen molar-refractivity contribution >= 4 is 35.0 Å². The van der Waals surface area contributed by atoms with Crippen molar-refractivity contribution in [3.05, 3.63) is 57.5 Å². The number of benzene rings is 1. The van der Waals surface area contributed by atoms with Gasteiger partial charge in [0, 0.05) is 12.1 Å². The van der Waals surface area contributed by atoms with Crippen LogP contribution in [-0.2, 0) is 4.79 Å². The van der Waals surface area contributed by atoms with Crippen molar-refractivity contribution in [3.8, 4) is 11.3 Å². The van der Waals surface area contributed by atoms with E-state index in [1.165, 1.54) is 12.1 Å². The minimum absolute atomic E-state index is 0.0311. The fourth-order valence-corrected chi connectivity index (χ4v) is 2.40. The van der Waals surface area contributed by atoms with Gasteiger partial charge in [0.2, 0.25) is 0 Å². The van der Waals surface area contributed by atoms with Gasteiger partial charge in [-0.15, -0.1) is 0 Å². The maximum Gasteiger partial charge on any atom is 0.280 e. The molecule has 0 atom stereocenters. The molecule has 0 spiro atoms. The molecule has 2 N–H and O–H groups in total. The van der Waals surface area contributed by atoms with Crippen molar-refractivity contribution in [1.29, 1.82) is 0 Å². The van der Waals surface area contributed by atoms with Crippen LogP contribution in [-0.4, -0.2) is 15.9 Å². The van der Waals surface area contributed by atoms with Crippen LogP contribution in [0.5, 0.6) is 0 Å². The van der Waals surface area contributed by atoms with Crippen LogP contribution in [0.1, 0.15) is 11.3 Å². The first-order valence-electron chi connectivity index (χ1n) is 6.63. The molecule has 7 nitrogen and oxygen atoms in total. The van der Waals surface area contributed by atoms with Gasteiger partial charge in [-0.3, -0.25) is 20.2 Å². The SMILES string of the molecule is Cc1ccc(-c2ccc(/C=C3/NC(=S)NC3=O)o2)c([N+](=O)[O-])c1. The number of furan rings is 1. The maximum absolute atomic E-state index is 11.6. The summed E-state index contributed by atoms with van der Waals surface area (Å²) in [6, 6.07) is 8.14. The molecular formula is C15H11N3O4S. The lowest BCUT2D eigenvalue weighted by Crippen LogP contribution is -2.21. The van der Waals surface area contributed by atoms with Crippen molar-refractivity contribution in [2.75, 3.05) is 0 Å². The smallest absolute Gasteiger partial charge is 0.280 e. The third-order valence-electron chi connectivity index (χ3n) is 3.25. The fraction of sp³-hybridized carbons (Fsp3) is 0.0667. The van der Waals surface area contributed by atoms with Gasteiger partial charge in [-0.25, -0.2) is 0 Å². The Morgan fingerprint density at radius 2 is 2.04 bits per heavy atom. The molecule has 0 bridgehead atoms. The van der Waals surface area contributed by atoms with E-state index in [-0.39, 0.29) is 22.4 Å². The van der Waals surface area contributed by atoms with E-state index in [2.05, 4.69) is 10.6 Å². The van der Waals surface area contributed by atoms with Gasteiger partial charge >= 0.3 is 0 Å². The van der Waals surface area contributed by atoms with Crippen LogP contribution in [0.2, 0.25) is 0 Å². The lowest BCUT2D eigenvalue weighted by Gasteiger charge is -2.01. The molecular weight excluding hydrogens is 318 g/mol. The monoisotopic (exact) mass is 329 g/mol. The largest absolute Gasteiger partial charge is 0.456 e. The summed E-state index contributed by atoms with van der Waals surface area (Å²) < 4.78 is 5.60. The van der Waals surface area contributed by atoms with Crippen LogP contribution in [0.3, 0.4) is 0 Å². The van der Waals surface area contributed by atoms with Crippen LogP contribution < -0.4 is 10.6 Å². The lowest BCUT2D eigenvalue weighted by molar-refractivity contribution is -0.384. The lowest BCUT2D eigenvalue weighted by atomic mass is 10.1. The van der Waals surface area contributed by atoms with Crippen LogP contribution in [0, 0.1) is 17.0 Å². The standard InChI is InChI=1S/C15H11N3O4S/c1-8-2-4-10(12(6-8)18(20)21)13-5-3-9(22-13)7-11-14(19)17-15(23)16-11/h2-7H,1H3,(H2,16,17,19,23)/b11-7+. The third kappa shape index (κ3) is 2.97. The van der Waals surface area contributed by atoms with Crippen molar-refractivity contribution < 1.29 is 14.1 Å². The Hall–Kier alpha value is -3.00. The van der Waals surface area contributed by atoms with Crippen molar-refractivity contribution in [2.45, 2.75) is 6.92 Å². The molecule has 0 saturated carbocycles. The summed E-state index contributed by atoms with van der Waals surface area (Å²) >= 11 is 4.84. The maximum atomic E-state index is 11.6. The first-order chi connectivity index (χ1) is 10.9. The molecule has 1 aromatic heterocycles. The summed E-state index contributed by atoms with van der Waals surface area (Å²) in [5.41, 5.74) is 1.39. The fourth-order valence-electron chi connectivity index (χ4n) is 2.20. The molecule has 3 rings (SSSR count). The van der Waals surface area contributed by atoms with Gasteiger partial charge < -0.3 is 9.73 Å². The molecule has 1 saturated heterocycles. The van der Waals surface area contributed by atoms with E-state index in [9.17, 15) is 14.9 Å². The highest BCUT2D eigenvalue weighted by atomic mass is 32.1. The molecule has 1 aromatic carbocycles. The Balaban J connectivity index is 1.97. The number of thiocarbonyl (C=S) groups is 1. The zero-order valence-corrected chi connectivity index (χ0v) is 12.8. The highest BCUT2D eigenvalue weighted by molar-refractivity contribution is 7.80. The van der Waals surface area contributed by atoms with E-state index in [1.807, 2.05) is 0 Å². The molecule has 23 heavy (non-hydrogen) atoms. The number of hydrogen-bond acceptors (Lipinski definition) is 5. The minimum Gasteiger partial charge on any atom is -0.456 e. The number of amides is 1. The first-order valence-corrected chi connectivity index (χ1v) is 7.04. The highest BCUT2D eigenvalue weighted by Crippen LogP contribution is 2.32. The predicted octanol–water partition coefficient (Wildman–Crippen LogP) is 2.51. The molecule has 8 heteroatoms. The summed E-state index contributed by atoms with van der Waals surface area (Å²) in [5.74, 6) is 0.385. The molecule has 1 amide bonds. The molecule has 1 aliphatic rings. The van der Waals surface area contributed by atoms with Gasteiger partial charge in [-0.05, 0) is 42.9 Å². The van der Waals surface area contributed by atoms with Crippen molar-refractivity contribution in [1.82, 2.24) is 10.6 Å². The number of nitrogens with one attached hydrogen (secondary N) is 2. The average molecular weight is 329 g/mol. The van der Waals surface area contributed by atoms with Crippen LogP contribution in [0.15, 0.2) is 40.4 Å². The van der Waals surface area contributed by atoms with Gasteiger partial charge in [0.1, 0.15) is 17.2 Å². The quantitative estimate of drug-likeness (QED) is 0.389. The normalized spacial score (nSPS) is 15.6. The second kappa shape index (κ2) is 5.65. The van der Waals surface area contributed by atoms with Gasteiger partial charge in [0.15, 0.2) is 5.11 Å². The van der Waals surface area contributed by atoms with Crippen molar-refractivity contribution in [3.63, 3.8) is 0 Å². The van der Waals surface area contributed by atoms with Gasteiger partial charge in [-0.2, -0.15) is 0 Å². The molecule has 1 aliphatic heterocycles. The van der Waals surface area contributed by atoms with E-state index in [0.717, 1.165) is 5.56 Å². The third-order valence-corrected chi connectivity index (χ3v) is 3.45. The van der Waals surface area contributed by atoms with E-state index in [0.29, 0.717) is 17.1 Å². The van der Waals surface area contributed by atoms with E-state index < -0.39 is 4.92 Å². The Morgan fingerprint density at radius 3 is 2.70 bits per heavy atom. The first kappa shape index (κ1) is 14.9. The summed E-state index contributed by atoms with van der Waals surface area (Å²) in [7, 11) is 0. The number of aryl methyl sites for hydroxylation is 1. The number of nitrogens with zero attached hydrogens (tertiary/aromatic N) is 1. The number of rotatable bonds is 3. The Morgan fingerprint density at radius 1 is 1.26 bits per heavy atom. The summed E-state index contributed by atoms with van der Waals surface area (Å²) in [5, 5.41) is 16.6. The van der Waals surface area contributed by atoms with Crippen LogP contribution >= 0.6 is 12.2 Å². The second-order valence-corrected chi connectivity index (χ2v) is 5.35. The van der Waals surface area contributed by atoms with Gasteiger partial charge in [-0.1, -0.05) is 6.07 Å². The molecule has 1 fully saturated rings. The van der Waals surface area contributed by atoms with E-state index in [1.54, 1.807) is 31.2 Å². The topological polar surface area (TPSA) is 97.4 Å². The number of nitro benzene ring substituents is 1. The molecule has 116 valence electrons. The summed E-state index contributed by atoms with van der Waals surface area (Å²) in [4.78, 5) is 22.3. The van der Waals surface area contributed by atoms with E-state index in [4.69, 9.17) is 16.6 Å². The van der Waals surface area contributed by atoms with Crippen LogP contribution in [0.25, 0.3) is 17.4 Å². The molecule has 2 aromatic rings. The van der Waals surface area contributed by atoms with Gasteiger partial charge in [0.05, 0.1) is 10.5 Å². The highest BCUT2D eigenvalue weighted by Gasteiger charge is 2.21. The van der Waals surface area contributed by atoms with E-state index >= 15 is 0 Å². The zero-order valence-electron chi connectivity index (χ0n) is 12.0. The number of hydrogen-bond donors (Lipinski definition) is 2. The molecule has 0 aliphatic carbocycles.